The van der Waals surface area contributed by atoms with Crippen LogP contribution in [0.2, 0.25) is 0 Å². The van der Waals surface area contributed by atoms with Gasteiger partial charge in [0, 0.05) is 11.1 Å². The highest BCUT2D eigenvalue weighted by atomic mass is 32.2. The normalized spacial score (nSPS) is 12.2. The fourth-order valence-electron chi connectivity index (χ4n) is 3.14. The zero-order valence-corrected chi connectivity index (χ0v) is 17.4. The van der Waals surface area contributed by atoms with E-state index in [1.54, 1.807) is 11.8 Å². The van der Waals surface area contributed by atoms with E-state index >= 15 is 0 Å². The van der Waals surface area contributed by atoms with E-state index in [2.05, 4.69) is 49.5 Å². The Labute approximate surface area is 165 Å². The van der Waals surface area contributed by atoms with Crippen LogP contribution in [-0.4, -0.2) is 16.1 Å². The van der Waals surface area contributed by atoms with Gasteiger partial charge in [-0.05, 0) is 68.5 Å². The fourth-order valence-corrected chi connectivity index (χ4v) is 4.16. The maximum atomic E-state index is 12.9. The number of amides is 1. The molecule has 3 nitrogen and oxygen atoms in total. The van der Waals surface area contributed by atoms with Gasteiger partial charge < -0.3 is 5.32 Å². The van der Waals surface area contributed by atoms with Crippen LogP contribution in [0.25, 0.3) is 10.9 Å². The summed E-state index contributed by atoms with van der Waals surface area (Å²) in [5, 5.41) is 4.99. The van der Waals surface area contributed by atoms with E-state index in [0.29, 0.717) is 0 Å². The minimum Gasteiger partial charge on any atom is -0.325 e. The average Bonchev–Trinajstić information content (AvgIpc) is 2.63. The Morgan fingerprint density at radius 3 is 2.56 bits per heavy atom. The van der Waals surface area contributed by atoms with Crippen molar-refractivity contribution >= 4 is 34.3 Å². The Morgan fingerprint density at radius 1 is 1.04 bits per heavy atom. The molecule has 1 amide bonds. The molecule has 140 valence electrons. The Bertz CT molecular complexity index is 997. The van der Waals surface area contributed by atoms with E-state index in [9.17, 15) is 4.79 Å². The van der Waals surface area contributed by atoms with Crippen LogP contribution in [0, 0.1) is 27.7 Å². The standard InChI is InChI=1S/C23H26N2OS/c1-6-20(23(26)24-19-12-14(2)10-11-15(19)3)27-21-13-17(5)18-9-7-8-16(4)22(18)25-21/h7-13,20H,6H2,1-5H3,(H,24,26). The SMILES string of the molecule is CCC(Sc1cc(C)c2cccc(C)c2n1)C(=O)Nc1cc(C)ccc1C. The highest BCUT2D eigenvalue weighted by Gasteiger charge is 2.20. The topological polar surface area (TPSA) is 42.0 Å². The first-order valence-corrected chi connectivity index (χ1v) is 10.2. The number of fused-ring (bicyclic) bond motifs is 1. The molecule has 0 aliphatic rings. The summed E-state index contributed by atoms with van der Waals surface area (Å²) in [5.74, 6) is 0.0283. The van der Waals surface area contributed by atoms with Gasteiger partial charge >= 0.3 is 0 Å². The molecule has 1 aromatic heterocycles. The third-order valence-electron chi connectivity index (χ3n) is 4.80. The summed E-state index contributed by atoms with van der Waals surface area (Å²) in [6, 6.07) is 14.4. The van der Waals surface area contributed by atoms with E-state index < -0.39 is 0 Å². The van der Waals surface area contributed by atoms with Gasteiger partial charge in [0.1, 0.15) is 0 Å². The van der Waals surface area contributed by atoms with Gasteiger partial charge in [0.15, 0.2) is 0 Å². The number of nitrogens with one attached hydrogen (secondary N) is 1. The second-order valence-electron chi connectivity index (χ2n) is 7.07. The van der Waals surface area contributed by atoms with Crippen LogP contribution in [0.1, 0.15) is 35.6 Å². The van der Waals surface area contributed by atoms with Crippen LogP contribution in [0.5, 0.6) is 0 Å². The monoisotopic (exact) mass is 378 g/mol. The third kappa shape index (κ3) is 4.33. The van der Waals surface area contributed by atoms with Crippen LogP contribution in [0.3, 0.4) is 0 Å². The Morgan fingerprint density at radius 2 is 1.81 bits per heavy atom. The number of thioether (sulfide) groups is 1. The molecule has 27 heavy (non-hydrogen) atoms. The number of carbonyl (C=O) groups is 1. The summed E-state index contributed by atoms with van der Waals surface area (Å²) in [6.07, 6.45) is 0.744. The molecule has 1 N–H and O–H groups in total. The van der Waals surface area contributed by atoms with Gasteiger partial charge in [-0.25, -0.2) is 4.98 Å². The number of aryl methyl sites for hydroxylation is 4. The number of rotatable bonds is 5. The molecule has 2 aromatic carbocycles. The molecule has 1 unspecified atom stereocenters. The van der Waals surface area contributed by atoms with Crippen LogP contribution >= 0.6 is 11.8 Å². The molecule has 0 saturated carbocycles. The molecule has 0 spiro atoms. The predicted molar refractivity (Wildman–Crippen MR) is 116 cm³/mol. The van der Waals surface area contributed by atoms with E-state index in [1.165, 1.54) is 10.9 Å². The van der Waals surface area contributed by atoms with Crippen molar-refractivity contribution < 1.29 is 4.79 Å². The highest BCUT2D eigenvalue weighted by molar-refractivity contribution is 8.00. The lowest BCUT2D eigenvalue weighted by molar-refractivity contribution is -0.115. The van der Waals surface area contributed by atoms with Crippen LogP contribution in [0.4, 0.5) is 5.69 Å². The number of carbonyl (C=O) groups excluding carboxylic acids is 1. The van der Waals surface area contributed by atoms with Crippen molar-refractivity contribution in [2.24, 2.45) is 0 Å². The number of pyridine rings is 1. The molecule has 0 fully saturated rings. The van der Waals surface area contributed by atoms with E-state index in [4.69, 9.17) is 4.98 Å². The van der Waals surface area contributed by atoms with Gasteiger partial charge in [0.05, 0.1) is 15.8 Å². The number of aromatic nitrogens is 1. The third-order valence-corrected chi connectivity index (χ3v) is 6.08. The van der Waals surface area contributed by atoms with Gasteiger partial charge in [-0.1, -0.05) is 49.0 Å². The smallest absolute Gasteiger partial charge is 0.237 e. The molecule has 0 saturated heterocycles. The van der Waals surface area contributed by atoms with Crippen molar-refractivity contribution in [1.82, 2.24) is 4.98 Å². The molecule has 0 aliphatic heterocycles. The number of anilines is 1. The Kier molecular flexibility index (Phi) is 5.85. The maximum absolute atomic E-state index is 12.9. The molecule has 0 bridgehead atoms. The predicted octanol–water partition coefficient (Wildman–Crippen LogP) is 5.98. The first-order chi connectivity index (χ1) is 12.9. The summed E-state index contributed by atoms with van der Waals surface area (Å²) < 4.78 is 0. The van der Waals surface area contributed by atoms with Crippen LogP contribution in [-0.2, 0) is 4.79 Å². The van der Waals surface area contributed by atoms with Crippen LogP contribution in [0.15, 0.2) is 47.5 Å². The summed E-state index contributed by atoms with van der Waals surface area (Å²) in [7, 11) is 0. The lowest BCUT2D eigenvalue weighted by Gasteiger charge is -2.17. The van der Waals surface area contributed by atoms with Crippen molar-refractivity contribution in [3.63, 3.8) is 0 Å². The van der Waals surface area contributed by atoms with Gasteiger partial charge in [-0.2, -0.15) is 0 Å². The van der Waals surface area contributed by atoms with Crippen molar-refractivity contribution in [2.75, 3.05) is 5.32 Å². The van der Waals surface area contributed by atoms with Crippen LogP contribution < -0.4 is 5.32 Å². The molecule has 0 aliphatic carbocycles. The number of nitrogens with zero attached hydrogens (tertiary/aromatic N) is 1. The molecule has 1 heterocycles. The van der Waals surface area contributed by atoms with E-state index in [1.807, 2.05) is 32.9 Å². The summed E-state index contributed by atoms with van der Waals surface area (Å²) in [4.78, 5) is 17.7. The lowest BCUT2D eigenvalue weighted by Crippen LogP contribution is -2.25. The first kappa shape index (κ1) is 19.4. The van der Waals surface area contributed by atoms with E-state index in [-0.39, 0.29) is 11.2 Å². The Balaban J connectivity index is 1.84. The van der Waals surface area contributed by atoms with E-state index in [0.717, 1.165) is 39.3 Å². The highest BCUT2D eigenvalue weighted by Crippen LogP contribution is 2.30. The zero-order valence-electron chi connectivity index (χ0n) is 16.6. The molecular weight excluding hydrogens is 352 g/mol. The van der Waals surface area contributed by atoms with Crippen molar-refractivity contribution in [3.8, 4) is 0 Å². The minimum absolute atomic E-state index is 0.0283. The molecule has 0 radical (unpaired) electrons. The number of para-hydroxylation sites is 1. The summed E-state index contributed by atoms with van der Waals surface area (Å²) in [5.41, 5.74) is 6.47. The quantitative estimate of drug-likeness (QED) is 0.556. The van der Waals surface area contributed by atoms with Gasteiger partial charge in [-0.3, -0.25) is 4.79 Å². The second kappa shape index (κ2) is 8.13. The zero-order chi connectivity index (χ0) is 19.6. The lowest BCUT2D eigenvalue weighted by atomic mass is 10.1. The van der Waals surface area contributed by atoms with Crippen molar-refractivity contribution in [3.05, 3.63) is 64.7 Å². The summed E-state index contributed by atoms with van der Waals surface area (Å²) >= 11 is 1.54. The van der Waals surface area contributed by atoms with Crippen molar-refractivity contribution in [2.45, 2.75) is 51.3 Å². The number of hydrogen-bond acceptors (Lipinski definition) is 3. The second-order valence-corrected chi connectivity index (χ2v) is 8.29. The molecule has 3 rings (SSSR count). The van der Waals surface area contributed by atoms with Gasteiger partial charge in [0.25, 0.3) is 0 Å². The summed E-state index contributed by atoms with van der Waals surface area (Å²) in [6.45, 7) is 10.3. The molecule has 4 heteroatoms. The average molecular weight is 379 g/mol. The maximum Gasteiger partial charge on any atom is 0.237 e. The first-order valence-electron chi connectivity index (χ1n) is 9.30. The largest absolute Gasteiger partial charge is 0.325 e. The van der Waals surface area contributed by atoms with Gasteiger partial charge in [-0.15, -0.1) is 0 Å². The van der Waals surface area contributed by atoms with Gasteiger partial charge in [0.2, 0.25) is 5.91 Å². The molecular formula is C23H26N2OS. The minimum atomic E-state index is -0.182. The fraction of sp³-hybridized carbons (Fsp3) is 0.304. The number of benzene rings is 2. The molecule has 1 atom stereocenters. The van der Waals surface area contributed by atoms with Crippen molar-refractivity contribution in [1.29, 1.82) is 0 Å². The number of hydrogen-bond donors (Lipinski definition) is 1. The Hall–Kier alpha value is -2.33. The molecule has 3 aromatic rings.